The molecule has 0 saturated carbocycles. The van der Waals surface area contributed by atoms with Crippen molar-refractivity contribution in [1.29, 1.82) is 0 Å². The van der Waals surface area contributed by atoms with Gasteiger partial charge in [0.05, 0.1) is 22.4 Å². The largest absolute Gasteiger partial charge is 0.456 e. The van der Waals surface area contributed by atoms with Crippen LogP contribution in [0, 0.1) is 0 Å². The molecule has 0 N–H and O–H groups in total. The van der Waals surface area contributed by atoms with E-state index in [0.717, 1.165) is 88.2 Å². The van der Waals surface area contributed by atoms with Crippen LogP contribution in [0.5, 0.6) is 0 Å². The highest BCUT2D eigenvalue weighted by atomic mass is 16.3. The second-order valence-electron chi connectivity index (χ2n) is 10.1. The smallest absolute Gasteiger partial charge is 0.144 e. The van der Waals surface area contributed by atoms with Crippen molar-refractivity contribution in [2.24, 2.45) is 0 Å². The Morgan fingerprint density at radius 1 is 0.450 bits per heavy atom. The number of benzene rings is 6. The fraction of sp³-hybridized carbons (Fsp3) is 0. The summed E-state index contributed by atoms with van der Waals surface area (Å²) in [4.78, 5) is 10.4. The Morgan fingerprint density at radius 3 is 1.85 bits per heavy atom. The number of nitrogens with zero attached hydrogens (tertiary/aromatic N) is 2. The second kappa shape index (κ2) is 8.01. The molecule has 40 heavy (non-hydrogen) atoms. The summed E-state index contributed by atoms with van der Waals surface area (Å²) < 4.78 is 13.0. The lowest BCUT2D eigenvalue weighted by Gasteiger charge is -2.13. The molecule has 4 heteroatoms. The predicted molar refractivity (Wildman–Crippen MR) is 162 cm³/mol. The minimum atomic E-state index is 0.833. The number of furan rings is 2. The number of rotatable bonds is 2. The molecule has 3 heterocycles. The Balaban J connectivity index is 1.51. The van der Waals surface area contributed by atoms with Crippen molar-refractivity contribution in [3.8, 4) is 22.5 Å². The Morgan fingerprint density at radius 2 is 1.07 bits per heavy atom. The molecule has 0 unspecified atom stereocenters. The summed E-state index contributed by atoms with van der Waals surface area (Å²) in [6.07, 6.45) is 0. The Kier molecular flexibility index (Phi) is 4.30. The zero-order chi connectivity index (χ0) is 26.2. The average molecular weight is 513 g/mol. The standard InChI is InChI=1S/C36H20N2O2/c1-2-10-21(11-3-1)34-35(38-27-15-7-6-14-26(27)37-34)25-20-22-18-19-30-33(24-13-5-8-16-28(24)39-30)31(22)36-32(25)23-12-4-9-17-29(23)40-36/h1-20H. The van der Waals surface area contributed by atoms with Gasteiger partial charge in [-0.05, 0) is 41.8 Å². The van der Waals surface area contributed by atoms with Crippen molar-refractivity contribution in [2.45, 2.75) is 0 Å². The van der Waals surface area contributed by atoms with Crippen molar-refractivity contribution in [3.63, 3.8) is 0 Å². The number of para-hydroxylation sites is 4. The van der Waals surface area contributed by atoms with Gasteiger partial charge in [-0.15, -0.1) is 0 Å². The predicted octanol–water partition coefficient (Wildman–Crippen LogP) is 9.92. The van der Waals surface area contributed by atoms with Crippen molar-refractivity contribution in [2.75, 3.05) is 0 Å². The van der Waals surface area contributed by atoms with Gasteiger partial charge in [-0.3, -0.25) is 0 Å². The second-order valence-corrected chi connectivity index (χ2v) is 10.1. The van der Waals surface area contributed by atoms with Crippen LogP contribution in [0.15, 0.2) is 130 Å². The molecule has 0 spiro atoms. The zero-order valence-electron chi connectivity index (χ0n) is 21.3. The first kappa shape index (κ1) is 21.5. The molecule has 186 valence electrons. The van der Waals surface area contributed by atoms with E-state index in [1.807, 2.05) is 66.7 Å². The first-order valence-electron chi connectivity index (χ1n) is 13.3. The minimum absolute atomic E-state index is 0.833. The molecule has 0 fully saturated rings. The van der Waals surface area contributed by atoms with E-state index < -0.39 is 0 Å². The molecule has 9 aromatic rings. The van der Waals surface area contributed by atoms with Gasteiger partial charge in [0.25, 0.3) is 0 Å². The average Bonchev–Trinajstić information content (AvgIpc) is 3.59. The van der Waals surface area contributed by atoms with Crippen molar-refractivity contribution >= 4 is 65.7 Å². The molecule has 0 atom stereocenters. The van der Waals surface area contributed by atoms with E-state index in [9.17, 15) is 0 Å². The van der Waals surface area contributed by atoms with Gasteiger partial charge in [0, 0.05) is 38.1 Å². The number of hydrogen-bond acceptors (Lipinski definition) is 4. The lowest BCUT2D eigenvalue weighted by atomic mass is 9.93. The molecular weight excluding hydrogens is 492 g/mol. The molecule has 0 radical (unpaired) electrons. The summed E-state index contributed by atoms with van der Waals surface area (Å²) in [5, 5.41) is 6.34. The number of aromatic nitrogens is 2. The Labute approximate surface area is 228 Å². The van der Waals surface area contributed by atoms with Crippen LogP contribution in [0.2, 0.25) is 0 Å². The molecule has 6 aromatic carbocycles. The van der Waals surface area contributed by atoms with Crippen molar-refractivity contribution in [3.05, 3.63) is 121 Å². The molecule has 3 aromatic heterocycles. The lowest BCUT2D eigenvalue weighted by molar-refractivity contribution is 0.668. The summed E-state index contributed by atoms with van der Waals surface area (Å²) in [7, 11) is 0. The van der Waals surface area contributed by atoms with E-state index in [-0.39, 0.29) is 0 Å². The highest BCUT2D eigenvalue weighted by Gasteiger charge is 2.23. The Bertz CT molecular complexity index is 2430. The van der Waals surface area contributed by atoms with Gasteiger partial charge in [0.15, 0.2) is 0 Å². The number of fused-ring (bicyclic) bond motifs is 10. The lowest BCUT2D eigenvalue weighted by Crippen LogP contribution is -1.96. The maximum atomic E-state index is 6.70. The fourth-order valence-electron chi connectivity index (χ4n) is 6.09. The van der Waals surface area contributed by atoms with E-state index in [0.29, 0.717) is 0 Å². The van der Waals surface area contributed by atoms with Crippen LogP contribution in [0.1, 0.15) is 0 Å². The summed E-state index contributed by atoms with van der Waals surface area (Å²) >= 11 is 0. The molecule has 9 rings (SSSR count). The minimum Gasteiger partial charge on any atom is -0.456 e. The van der Waals surface area contributed by atoms with E-state index in [4.69, 9.17) is 18.8 Å². The van der Waals surface area contributed by atoms with Crippen LogP contribution in [0.3, 0.4) is 0 Å². The molecule has 0 bridgehead atoms. The quantitative estimate of drug-likeness (QED) is 0.231. The van der Waals surface area contributed by atoms with Crippen LogP contribution in [0.4, 0.5) is 0 Å². The van der Waals surface area contributed by atoms with Gasteiger partial charge in [-0.2, -0.15) is 0 Å². The monoisotopic (exact) mass is 512 g/mol. The van der Waals surface area contributed by atoms with Crippen LogP contribution < -0.4 is 0 Å². The molecule has 4 nitrogen and oxygen atoms in total. The summed E-state index contributed by atoms with van der Waals surface area (Å²) in [6.45, 7) is 0. The highest BCUT2D eigenvalue weighted by Crippen LogP contribution is 2.46. The highest BCUT2D eigenvalue weighted by molar-refractivity contribution is 6.30. The third kappa shape index (κ3) is 2.96. The van der Waals surface area contributed by atoms with Crippen molar-refractivity contribution < 1.29 is 8.83 Å². The summed E-state index contributed by atoms with van der Waals surface area (Å²) in [6, 6.07) is 41.2. The van der Waals surface area contributed by atoms with Gasteiger partial charge in [-0.1, -0.05) is 84.9 Å². The van der Waals surface area contributed by atoms with Gasteiger partial charge < -0.3 is 8.83 Å². The fourth-order valence-corrected chi connectivity index (χ4v) is 6.09. The van der Waals surface area contributed by atoms with E-state index in [1.165, 1.54) is 0 Å². The summed E-state index contributed by atoms with van der Waals surface area (Å²) in [5.74, 6) is 0. The van der Waals surface area contributed by atoms with Crippen LogP contribution >= 0.6 is 0 Å². The Hall–Kier alpha value is -5.48. The van der Waals surface area contributed by atoms with Gasteiger partial charge >= 0.3 is 0 Å². The number of hydrogen-bond donors (Lipinski definition) is 0. The van der Waals surface area contributed by atoms with Gasteiger partial charge in [0.1, 0.15) is 22.3 Å². The van der Waals surface area contributed by atoms with Crippen LogP contribution in [-0.2, 0) is 0 Å². The van der Waals surface area contributed by atoms with E-state index in [1.54, 1.807) is 0 Å². The first-order chi connectivity index (χ1) is 19.8. The van der Waals surface area contributed by atoms with Gasteiger partial charge in [0.2, 0.25) is 0 Å². The molecule has 0 saturated heterocycles. The van der Waals surface area contributed by atoms with Gasteiger partial charge in [-0.25, -0.2) is 9.97 Å². The van der Waals surface area contributed by atoms with Crippen LogP contribution in [-0.4, -0.2) is 9.97 Å². The van der Waals surface area contributed by atoms with E-state index in [2.05, 4.69) is 54.6 Å². The molecule has 0 aliphatic heterocycles. The third-order valence-corrected chi connectivity index (χ3v) is 7.84. The van der Waals surface area contributed by atoms with E-state index >= 15 is 0 Å². The zero-order valence-corrected chi connectivity index (χ0v) is 21.3. The maximum Gasteiger partial charge on any atom is 0.144 e. The molecule has 0 aliphatic rings. The first-order valence-corrected chi connectivity index (χ1v) is 13.3. The SMILES string of the molecule is c1ccc(-c2nc3ccccc3nc2-c2cc3ccc4oc5ccccc5c4c3c3oc4ccccc4c23)cc1. The normalized spacial score (nSPS) is 12.0. The summed E-state index contributed by atoms with van der Waals surface area (Å²) in [5.41, 5.74) is 8.81. The molecule has 0 aliphatic carbocycles. The molecule has 0 amide bonds. The maximum absolute atomic E-state index is 6.70. The van der Waals surface area contributed by atoms with Crippen LogP contribution in [0.25, 0.3) is 88.2 Å². The topological polar surface area (TPSA) is 52.1 Å². The van der Waals surface area contributed by atoms with Crippen molar-refractivity contribution in [1.82, 2.24) is 9.97 Å². The third-order valence-electron chi connectivity index (χ3n) is 7.84. The molecular formula is C36H20N2O2.